The van der Waals surface area contributed by atoms with E-state index in [4.69, 9.17) is 4.74 Å². The molecule has 2 aliphatic rings. The third-order valence-electron chi connectivity index (χ3n) is 5.92. The van der Waals surface area contributed by atoms with Gasteiger partial charge in [-0.15, -0.1) is 0 Å². The van der Waals surface area contributed by atoms with Crippen molar-refractivity contribution < 1.29 is 14.3 Å². The van der Waals surface area contributed by atoms with Crippen LogP contribution in [0.15, 0.2) is 18.2 Å². The fourth-order valence-corrected chi connectivity index (χ4v) is 4.31. The van der Waals surface area contributed by atoms with Gasteiger partial charge in [0.1, 0.15) is 0 Å². The molecule has 0 radical (unpaired) electrons. The van der Waals surface area contributed by atoms with Crippen LogP contribution < -0.4 is 5.32 Å². The molecule has 2 heterocycles. The van der Waals surface area contributed by atoms with E-state index in [0.29, 0.717) is 26.0 Å². The van der Waals surface area contributed by atoms with Gasteiger partial charge in [0.2, 0.25) is 5.91 Å². The van der Waals surface area contributed by atoms with Gasteiger partial charge >= 0.3 is 5.97 Å². The van der Waals surface area contributed by atoms with Crippen molar-refractivity contribution in [2.24, 2.45) is 5.92 Å². The molecule has 1 aliphatic heterocycles. The second-order valence-corrected chi connectivity index (χ2v) is 7.84. The van der Waals surface area contributed by atoms with Gasteiger partial charge < -0.3 is 15.0 Å². The molecule has 144 valence electrons. The molecule has 1 aliphatic carbocycles. The molecule has 1 fully saturated rings. The molecular weight excluding hydrogens is 340 g/mol. The van der Waals surface area contributed by atoms with Crippen molar-refractivity contribution in [3.8, 4) is 0 Å². The summed E-state index contributed by atoms with van der Waals surface area (Å²) in [5, 5.41) is 4.31. The van der Waals surface area contributed by atoms with Crippen molar-refractivity contribution in [2.45, 2.75) is 64.3 Å². The molecule has 0 unspecified atom stereocenters. The standard InChI is InChI=1S/C22H28N2O3/c25-21(10-8-16-11-12-27-22(16)26)23-14-15-7-9-20-18(13-15)17-5-3-1-2-4-6-19(17)24-20/h7,9,13,16,24H,1-6,8,10-12,14H2,(H,23,25)/t16-/m1/s1. The first kappa shape index (κ1) is 18.1. The van der Waals surface area contributed by atoms with E-state index >= 15 is 0 Å². The van der Waals surface area contributed by atoms with Crippen LogP contribution in [-0.4, -0.2) is 23.5 Å². The lowest BCUT2D eigenvalue weighted by Gasteiger charge is -2.10. The van der Waals surface area contributed by atoms with Crippen molar-refractivity contribution in [2.75, 3.05) is 6.61 Å². The average molecular weight is 368 g/mol. The lowest BCUT2D eigenvalue weighted by atomic mass is 9.96. The summed E-state index contributed by atoms with van der Waals surface area (Å²) in [6.45, 7) is 1.02. The molecule has 1 saturated heterocycles. The number of esters is 1. The Morgan fingerprint density at radius 3 is 2.85 bits per heavy atom. The predicted molar refractivity (Wildman–Crippen MR) is 104 cm³/mol. The number of hydrogen-bond acceptors (Lipinski definition) is 3. The number of carbonyl (C=O) groups excluding carboxylic acids is 2. The van der Waals surface area contributed by atoms with Gasteiger partial charge in [-0.05, 0) is 61.8 Å². The van der Waals surface area contributed by atoms with Crippen molar-refractivity contribution in [1.29, 1.82) is 0 Å². The predicted octanol–water partition coefficient (Wildman–Crippen LogP) is 3.79. The summed E-state index contributed by atoms with van der Waals surface area (Å²) in [6, 6.07) is 6.44. The summed E-state index contributed by atoms with van der Waals surface area (Å²) < 4.78 is 4.95. The molecule has 27 heavy (non-hydrogen) atoms. The lowest BCUT2D eigenvalue weighted by Crippen LogP contribution is -2.23. The maximum atomic E-state index is 12.1. The Balaban J connectivity index is 1.38. The molecule has 0 bridgehead atoms. The van der Waals surface area contributed by atoms with Crippen LogP contribution in [0.5, 0.6) is 0 Å². The topological polar surface area (TPSA) is 71.2 Å². The number of fused-ring (bicyclic) bond motifs is 3. The van der Waals surface area contributed by atoms with Gasteiger partial charge in [-0.25, -0.2) is 0 Å². The van der Waals surface area contributed by atoms with Crippen LogP contribution >= 0.6 is 0 Å². The van der Waals surface area contributed by atoms with Gasteiger partial charge in [0.25, 0.3) is 0 Å². The highest BCUT2D eigenvalue weighted by Gasteiger charge is 2.26. The van der Waals surface area contributed by atoms with Crippen LogP contribution in [0.2, 0.25) is 0 Å². The van der Waals surface area contributed by atoms with Gasteiger partial charge in [-0.1, -0.05) is 18.9 Å². The number of cyclic esters (lactones) is 1. The van der Waals surface area contributed by atoms with E-state index in [1.54, 1.807) is 0 Å². The van der Waals surface area contributed by atoms with Gasteiger partial charge in [-0.3, -0.25) is 9.59 Å². The second-order valence-electron chi connectivity index (χ2n) is 7.84. The maximum absolute atomic E-state index is 12.1. The van der Waals surface area contributed by atoms with Crippen molar-refractivity contribution in [1.82, 2.24) is 10.3 Å². The zero-order chi connectivity index (χ0) is 18.6. The molecule has 0 spiro atoms. The van der Waals surface area contributed by atoms with E-state index in [1.165, 1.54) is 47.8 Å². The first-order valence-corrected chi connectivity index (χ1v) is 10.3. The van der Waals surface area contributed by atoms with Crippen LogP contribution in [0.3, 0.4) is 0 Å². The summed E-state index contributed by atoms with van der Waals surface area (Å²) in [7, 11) is 0. The summed E-state index contributed by atoms with van der Waals surface area (Å²) in [5.41, 5.74) is 5.20. The number of aromatic amines is 1. The van der Waals surface area contributed by atoms with Gasteiger partial charge in [0.15, 0.2) is 0 Å². The van der Waals surface area contributed by atoms with E-state index in [9.17, 15) is 9.59 Å². The number of rotatable bonds is 5. The number of hydrogen-bond donors (Lipinski definition) is 2. The Hall–Kier alpha value is -2.30. The largest absolute Gasteiger partial charge is 0.465 e. The van der Waals surface area contributed by atoms with Crippen molar-refractivity contribution in [3.63, 3.8) is 0 Å². The third kappa shape index (κ3) is 4.18. The number of ether oxygens (including phenoxy) is 1. The minimum atomic E-state index is -0.155. The molecule has 5 heteroatoms. The monoisotopic (exact) mass is 368 g/mol. The number of benzene rings is 1. The molecule has 1 amide bonds. The normalized spacial score (nSPS) is 20.0. The first-order chi connectivity index (χ1) is 13.2. The first-order valence-electron chi connectivity index (χ1n) is 10.3. The van der Waals surface area contributed by atoms with E-state index in [-0.39, 0.29) is 17.8 Å². The average Bonchev–Trinajstić information content (AvgIpc) is 3.20. The number of aryl methyl sites for hydroxylation is 2. The van der Waals surface area contributed by atoms with Gasteiger partial charge in [-0.2, -0.15) is 0 Å². The van der Waals surface area contributed by atoms with Crippen molar-refractivity contribution >= 4 is 22.8 Å². The van der Waals surface area contributed by atoms with Crippen LogP contribution in [0.25, 0.3) is 10.9 Å². The highest BCUT2D eigenvalue weighted by molar-refractivity contribution is 5.85. The number of carbonyl (C=O) groups is 2. The fourth-order valence-electron chi connectivity index (χ4n) is 4.31. The smallest absolute Gasteiger partial charge is 0.309 e. The summed E-state index contributed by atoms with van der Waals surface area (Å²) >= 11 is 0. The van der Waals surface area contributed by atoms with E-state index in [0.717, 1.165) is 24.8 Å². The van der Waals surface area contributed by atoms with Gasteiger partial charge in [0.05, 0.1) is 12.5 Å². The number of H-pyrrole nitrogens is 1. The summed E-state index contributed by atoms with van der Waals surface area (Å²) in [6.07, 6.45) is 9.13. The molecule has 2 aromatic rings. The highest BCUT2D eigenvalue weighted by atomic mass is 16.5. The zero-order valence-electron chi connectivity index (χ0n) is 15.8. The summed E-state index contributed by atoms with van der Waals surface area (Å²) in [4.78, 5) is 27.2. The third-order valence-corrected chi connectivity index (χ3v) is 5.92. The lowest BCUT2D eigenvalue weighted by molar-refractivity contribution is -0.141. The van der Waals surface area contributed by atoms with Crippen molar-refractivity contribution in [3.05, 3.63) is 35.0 Å². The van der Waals surface area contributed by atoms with E-state index in [1.807, 2.05) is 0 Å². The summed E-state index contributed by atoms with van der Waals surface area (Å²) in [5.74, 6) is -0.261. The van der Waals surface area contributed by atoms with E-state index < -0.39 is 0 Å². The van der Waals surface area contributed by atoms with Crippen LogP contribution in [0.1, 0.15) is 61.8 Å². The van der Waals surface area contributed by atoms with Gasteiger partial charge in [0, 0.05) is 29.6 Å². The molecule has 4 rings (SSSR count). The zero-order valence-corrected chi connectivity index (χ0v) is 15.8. The number of aromatic nitrogens is 1. The number of nitrogens with one attached hydrogen (secondary N) is 2. The minimum absolute atomic E-state index is 0.000757. The fraction of sp³-hybridized carbons (Fsp3) is 0.545. The Morgan fingerprint density at radius 1 is 1.19 bits per heavy atom. The Bertz CT molecular complexity index is 839. The maximum Gasteiger partial charge on any atom is 0.309 e. The Labute approximate surface area is 159 Å². The van der Waals surface area contributed by atoms with Crippen LogP contribution in [0.4, 0.5) is 0 Å². The molecule has 1 aromatic carbocycles. The molecule has 2 N–H and O–H groups in total. The molecule has 5 nitrogen and oxygen atoms in total. The number of amides is 1. The SMILES string of the molecule is O=C(CC[C@@H]1CCOC1=O)NCc1ccc2[nH]c3c(c2c1)CCCCCC3. The quantitative estimate of drug-likeness (QED) is 0.789. The molecule has 0 saturated carbocycles. The van der Waals surface area contributed by atoms with Crippen LogP contribution in [0, 0.1) is 5.92 Å². The molecule has 1 aromatic heterocycles. The highest BCUT2D eigenvalue weighted by Crippen LogP contribution is 2.28. The molecular formula is C22H28N2O3. The Morgan fingerprint density at radius 2 is 2.04 bits per heavy atom. The molecule has 1 atom stereocenters. The minimum Gasteiger partial charge on any atom is -0.465 e. The second kappa shape index (κ2) is 8.15. The van der Waals surface area contributed by atoms with Crippen LogP contribution in [-0.2, 0) is 33.7 Å². The van der Waals surface area contributed by atoms with E-state index in [2.05, 4.69) is 28.5 Å². The Kier molecular flexibility index (Phi) is 5.46.